The van der Waals surface area contributed by atoms with E-state index < -0.39 is 48.3 Å². The minimum Gasteiger partial charge on any atom is -0.497 e. The van der Waals surface area contributed by atoms with Gasteiger partial charge in [0.25, 0.3) is 5.91 Å². The second-order valence-electron chi connectivity index (χ2n) is 7.38. The summed E-state index contributed by atoms with van der Waals surface area (Å²) in [6.07, 6.45) is -10.3. The summed E-state index contributed by atoms with van der Waals surface area (Å²) in [6, 6.07) is 9.51. The van der Waals surface area contributed by atoms with Gasteiger partial charge >= 0.3 is 5.97 Å². The maximum Gasteiger partial charge on any atom is 0.335 e. The Morgan fingerprint density at radius 2 is 1.43 bits per heavy atom. The summed E-state index contributed by atoms with van der Waals surface area (Å²) in [6.45, 7) is 0. The number of hydrogen-bond donors (Lipinski definition) is 7. The average Bonchev–Trinajstić information content (AvgIpc) is 2.85. The van der Waals surface area contributed by atoms with E-state index in [0.29, 0.717) is 17.1 Å². The summed E-state index contributed by atoms with van der Waals surface area (Å²) < 4.78 is 23.8. The number of carboxylic acid groups (broad SMARTS) is 1. The number of aliphatic hydroxyl groups is 5. The molecule has 2 aromatic carbocycles. The fourth-order valence-electron chi connectivity index (χ4n) is 3.01. The topological polar surface area (TPSA) is 186 Å². The maximum atomic E-state index is 13.4. The number of aliphatic carboxylic acids is 1. The molecule has 0 aromatic heterocycles. The number of benzene rings is 2. The van der Waals surface area contributed by atoms with E-state index in [1.54, 1.807) is 18.2 Å². The van der Waals surface area contributed by atoms with Gasteiger partial charge < -0.3 is 45.4 Å². The molecule has 0 bridgehead atoms. The van der Waals surface area contributed by atoms with Crippen molar-refractivity contribution in [2.24, 2.45) is 0 Å². The van der Waals surface area contributed by atoms with Gasteiger partial charge in [0, 0.05) is 11.6 Å². The molecule has 11 nitrogen and oxygen atoms in total. The van der Waals surface area contributed by atoms with E-state index in [1.165, 1.54) is 32.4 Å². The number of hydrogen-bond acceptors (Lipinski definition) is 9. The highest BCUT2D eigenvalue weighted by Crippen LogP contribution is 2.27. The van der Waals surface area contributed by atoms with Gasteiger partial charge in [0.15, 0.2) is 12.3 Å². The van der Waals surface area contributed by atoms with Gasteiger partial charge in [-0.05, 0) is 41.5 Å². The molecule has 5 unspecified atom stereocenters. The van der Waals surface area contributed by atoms with Crippen LogP contribution in [-0.2, 0) is 9.59 Å². The van der Waals surface area contributed by atoms with E-state index in [9.17, 15) is 39.5 Å². The van der Waals surface area contributed by atoms with Gasteiger partial charge in [-0.15, -0.1) is 0 Å². The lowest BCUT2D eigenvalue weighted by Crippen LogP contribution is -2.55. The van der Waals surface area contributed by atoms with Gasteiger partial charge in [0.05, 0.1) is 14.2 Å². The first kappa shape index (κ1) is 27.7. The molecule has 0 aliphatic carbocycles. The Hall–Kier alpha value is -3.55. The van der Waals surface area contributed by atoms with Crippen molar-refractivity contribution in [3.63, 3.8) is 0 Å². The molecule has 12 heteroatoms. The third-order valence-electron chi connectivity index (χ3n) is 4.96. The van der Waals surface area contributed by atoms with Crippen LogP contribution in [0.1, 0.15) is 11.1 Å². The van der Waals surface area contributed by atoms with E-state index in [0.717, 1.165) is 12.1 Å². The van der Waals surface area contributed by atoms with Crippen LogP contribution in [0, 0.1) is 5.82 Å². The highest BCUT2D eigenvalue weighted by molar-refractivity contribution is 6.24. The zero-order valence-corrected chi connectivity index (χ0v) is 18.7. The Morgan fingerprint density at radius 1 is 0.886 bits per heavy atom. The molecule has 0 saturated carbocycles. The summed E-state index contributed by atoms with van der Waals surface area (Å²) in [7, 11) is 2.85. The summed E-state index contributed by atoms with van der Waals surface area (Å²) >= 11 is 0. The van der Waals surface area contributed by atoms with E-state index >= 15 is 0 Å². The molecule has 0 fully saturated rings. The van der Waals surface area contributed by atoms with Crippen molar-refractivity contribution >= 4 is 23.5 Å². The van der Waals surface area contributed by atoms with Crippen LogP contribution in [0.4, 0.5) is 4.39 Å². The average molecular weight is 495 g/mol. The highest BCUT2D eigenvalue weighted by atomic mass is 19.1. The molecule has 190 valence electrons. The standard InChI is InChI=1S/C23H26FNO10/c1-34-14-7-11(8-15(10-14)35-2)9-16(12-3-5-13(24)6-4-12)21(30)25-22(31)19(28)17(26)18(27)20(29)23(32)33/h3-10,17-20,22,26-29,31H,1-2H3,(H,25,30)(H,32,33)/b16-9-. The van der Waals surface area contributed by atoms with Crippen LogP contribution in [0.25, 0.3) is 11.6 Å². The molecule has 1 amide bonds. The molecule has 0 radical (unpaired) electrons. The van der Waals surface area contributed by atoms with Crippen molar-refractivity contribution in [3.8, 4) is 11.5 Å². The quantitative estimate of drug-likeness (QED) is 0.120. The van der Waals surface area contributed by atoms with Crippen LogP contribution < -0.4 is 14.8 Å². The number of carbonyl (C=O) groups excluding carboxylic acids is 1. The van der Waals surface area contributed by atoms with E-state index in [1.807, 2.05) is 5.32 Å². The van der Waals surface area contributed by atoms with Gasteiger partial charge in [0.1, 0.15) is 35.6 Å². The van der Waals surface area contributed by atoms with E-state index in [2.05, 4.69) is 0 Å². The molecular formula is C23H26FNO10. The summed E-state index contributed by atoms with van der Waals surface area (Å²) in [5.41, 5.74) is 0.534. The summed E-state index contributed by atoms with van der Waals surface area (Å²) in [5, 5.41) is 59.9. The predicted octanol–water partition coefficient (Wildman–Crippen LogP) is -0.654. The number of halogens is 1. The predicted molar refractivity (Wildman–Crippen MR) is 120 cm³/mol. The van der Waals surface area contributed by atoms with Gasteiger partial charge in [-0.1, -0.05) is 12.1 Å². The zero-order chi connectivity index (χ0) is 26.3. The zero-order valence-electron chi connectivity index (χ0n) is 18.7. The smallest absolute Gasteiger partial charge is 0.335 e. The first-order chi connectivity index (χ1) is 16.5. The molecule has 2 rings (SSSR count). The van der Waals surface area contributed by atoms with Gasteiger partial charge in [-0.25, -0.2) is 9.18 Å². The van der Waals surface area contributed by atoms with Crippen molar-refractivity contribution in [1.82, 2.24) is 5.32 Å². The maximum absolute atomic E-state index is 13.4. The highest BCUT2D eigenvalue weighted by Gasteiger charge is 2.38. The van der Waals surface area contributed by atoms with Crippen molar-refractivity contribution in [2.75, 3.05) is 14.2 Å². The van der Waals surface area contributed by atoms with Crippen LogP contribution in [0.3, 0.4) is 0 Å². The fraction of sp³-hybridized carbons (Fsp3) is 0.304. The first-order valence-corrected chi connectivity index (χ1v) is 10.1. The van der Waals surface area contributed by atoms with Crippen LogP contribution in [0.2, 0.25) is 0 Å². The number of carboxylic acids is 1. The molecule has 0 aliphatic heterocycles. The molecule has 0 heterocycles. The van der Waals surface area contributed by atoms with Crippen LogP contribution in [-0.4, -0.2) is 87.4 Å². The molecule has 35 heavy (non-hydrogen) atoms. The molecule has 2 aromatic rings. The van der Waals surface area contributed by atoms with E-state index in [-0.39, 0.29) is 11.1 Å². The second kappa shape index (κ2) is 12.2. The Balaban J connectivity index is 2.37. The molecule has 0 aliphatic rings. The molecule has 0 spiro atoms. The van der Waals surface area contributed by atoms with Crippen molar-refractivity contribution in [2.45, 2.75) is 30.6 Å². The van der Waals surface area contributed by atoms with Crippen molar-refractivity contribution < 1.29 is 54.1 Å². The number of nitrogens with one attached hydrogen (secondary N) is 1. The van der Waals surface area contributed by atoms with Gasteiger partial charge in [-0.2, -0.15) is 0 Å². The summed E-state index contributed by atoms with van der Waals surface area (Å²) in [4.78, 5) is 23.8. The largest absolute Gasteiger partial charge is 0.497 e. The second-order valence-corrected chi connectivity index (χ2v) is 7.38. The lowest BCUT2D eigenvalue weighted by Gasteiger charge is -2.28. The number of rotatable bonds is 11. The number of aliphatic hydroxyl groups excluding tert-OH is 5. The number of carbonyl (C=O) groups is 2. The molecular weight excluding hydrogens is 469 g/mol. The Labute approximate surface area is 199 Å². The minimum atomic E-state index is -2.46. The summed E-state index contributed by atoms with van der Waals surface area (Å²) in [5.74, 6) is -2.62. The van der Waals surface area contributed by atoms with Crippen molar-refractivity contribution in [1.29, 1.82) is 0 Å². The molecule has 0 saturated heterocycles. The Bertz CT molecular complexity index is 1040. The van der Waals surface area contributed by atoms with E-state index in [4.69, 9.17) is 14.6 Å². The Kier molecular flexibility index (Phi) is 9.68. The third kappa shape index (κ3) is 7.21. The molecule has 5 atom stereocenters. The first-order valence-electron chi connectivity index (χ1n) is 10.1. The van der Waals surface area contributed by atoms with Crippen LogP contribution >= 0.6 is 0 Å². The number of ether oxygens (including phenoxy) is 2. The SMILES string of the molecule is COc1cc(/C=C(\C(=O)NC(O)C(O)C(O)C(O)C(O)C(=O)O)c2ccc(F)cc2)cc(OC)c1. The van der Waals surface area contributed by atoms with Gasteiger partial charge in [-0.3, -0.25) is 4.79 Å². The third-order valence-corrected chi connectivity index (χ3v) is 4.96. The van der Waals surface area contributed by atoms with Crippen LogP contribution in [0.5, 0.6) is 11.5 Å². The Morgan fingerprint density at radius 3 is 1.91 bits per heavy atom. The van der Waals surface area contributed by atoms with Crippen molar-refractivity contribution in [3.05, 3.63) is 59.4 Å². The lowest BCUT2D eigenvalue weighted by molar-refractivity contribution is -0.170. The van der Waals surface area contributed by atoms with Gasteiger partial charge in [0.2, 0.25) is 0 Å². The van der Waals surface area contributed by atoms with Crippen LogP contribution in [0.15, 0.2) is 42.5 Å². The lowest BCUT2D eigenvalue weighted by atomic mass is 10.00. The fourth-order valence-corrected chi connectivity index (χ4v) is 3.01. The number of amides is 1. The monoisotopic (exact) mass is 495 g/mol. The number of methoxy groups -OCH3 is 2. The molecule has 7 N–H and O–H groups in total. The minimum absolute atomic E-state index is 0.104. The normalized spacial score (nSPS) is 15.9.